The van der Waals surface area contributed by atoms with E-state index >= 15 is 0 Å². The van der Waals surface area contributed by atoms with Gasteiger partial charge in [0, 0.05) is 31.3 Å². The van der Waals surface area contributed by atoms with Crippen LogP contribution in [0.3, 0.4) is 0 Å². The zero-order valence-corrected chi connectivity index (χ0v) is 13.2. The number of halogens is 1. The number of hydrogen-bond acceptors (Lipinski definition) is 6. The van der Waals surface area contributed by atoms with Gasteiger partial charge >= 0.3 is 0 Å². The highest BCUT2D eigenvalue weighted by molar-refractivity contribution is 5.76. The van der Waals surface area contributed by atoms with Gasteiger partial charge in [-0.2, -0.15) is 4.39 Å². The summed E-state index contributed by atoms with van der Waals surface area (Å²) in [4.78, 5) is 16.7. The maximum Gasteiger partial charge on any atom is 0.221 e. The molecule has 4 N–H and O–H groups in total. The van der Waals surface area contributed by atoms with Crippen LogP contribution in [0.5, 0.6) is 0 Å². The fourth-order valence-corrected chi connectivity index (χ4v) is 2.75. The summed E-state index contributed by atoms with van der Waals surface area (Å²) < 4.78 is 12.8. The van der Waals surface area contributed by atoms with Gasteiger partial charge in [0.2, 0.25) is 11.9 Å². The molecule has 0 aromatic carbocycles. The van der Waals surface area contributed by atoms with Crippen LogP contribution in [0, 0.1) is 17.8 Å². The Morgan fingerprint density at radius 2 is 2.08 bits per heavy atom. The van der Waals surface area contributed by atoms with Crippen LogP contribution >= 0.6 is 0 Å². The van der Waals surface area contributed by atoms with Crippen molar-refractivity contribution in [2.24, 2.45) is 0 Å². The quantitative estimate of drug-likeness (QED) is 0.393. The van der Waals surface area contributed by atoms with E-state index in [1.54, 1.807) is 4.90 Å². The number of pyridine rings is 1. The van der Waals surface area contributed by atoms with Gasteiger partial charge in [0.05, 0.1) is 31.4 Å². The first-order valence-electron chi connectivity index (χ1n) is 7.51. The molecular weight excluding hydrogens is 317 g/mol. The molecule has 1 aliphatic rings. The summed E-state index contributed by atoms with van der Waals surface area (Å²) in [5, 5.41) is 32.1. The number of nitrogens with one attached hydrogen (secondary N) is 1. The van der Waals surface area contributed by atoms with Gasteiger partial charge in [-0.1, -0.05) is 11.8 Å². The van der Waals surface area contributed by atoms with Gasteiger partial charge in [0.1, 0.15) is 0 Å². The number of hydrogen-bond donors (Lipinski definition) is 4. The molecule has 1 aromatic rings. The summed E-state index contributed by atoms with van der Waals surface area (Å²) in [5.74, 6) is 4.75. The molecule has 0 radical (unpaired) electrons. The van der Waals surface area contributed by atoms with E-state index in [4.69, 9.17) is 0 Å². The number of rotatable bonds is 4. The molecule has 24 heavy (non-hydrogen) atoms. The van der Waals surface area contributed by atoms with Crippen molar-refractivity contribution >= 4 is 5.91 Å². The first-order valence-corrected chi connectivity index (χ1v) is 7.51. The molecule has 4 atom stereocenters. The third-order valence-corrected chi connectivity index (χ3v) is 4.07. The number of aliphatic hydroxyl groups excluding tert-OH is 3. The van der Waals surface area contributed by atoms with Crippen LogP contribution in [0.2, 0.25) is 0 Å². The lowest BCUT2D eigenvalue weighted by molar-refractivity contribution is -0.122. The van der Waals surface area contributed by atoms with Crippen molar-refractivity contribution in [1.82, 2.24) is 15.2 Å². The lowest BCUT2D eigenvalue weighted by Gasteiger charge is -2.27. The largest absolute Gasteiger partial charge is 0.395 e. The minimum Gasteiger partial charge on any atom is -0.395 e. The van der Waals surface area contributed by atoms with Gasteiger partial charge < -0.3 is 20.6 Å². The van der Waals surface area contributed by atoms with E-state index in [1.807, 2.05) is 0 Å². The number of aromatic nitrogens is 1. The van der Waals surface area contributed by atoms with Gasteiger partial charge in [-0.05, 0) is 12.1 Å². The highest BCUT2D eigenvalue weighted by atomic mass is 19.1. The van der Waals surface area contributed by atoms with E-state index in [0.717, 1.165) is 0 Å². The zero-order chi connectivity index (χ0) is 17.7. The number of carbonyl (C=O) groups excluding carboxylic acids is 1. The Balaban J connectivity index is 2.14. The second kappa shape index (κ2) is 8.17. The monoisotopic (exact) mass is 337 g/mol. The normalized spacial score (nSPS) is 26.7. The zero-order valence-electron chi connectivity index (χ0n) is 13.2. The van der Waals surface area contributed by atoms with Crippen molar-refractivity contribution < 1.29 is 24.5 Å². The van der Waals surface area contributed by atoms with Crippen molar-refractivity contribution in [3.8, 4) is 11.8 Å². The highest BCUT2D eigenvalue weighted by Crippen LogP contribution is 2.27. The highest BCUT2D eigenvalue weighted by Gasteiger charge is 2.47. The SMILES string of the molecule is CNC(=O)C[C@@H]1[C@@H](O)[C@H](O)[C@@H](CO)N1CC#Cc1ccc(F)nc1. The molecule has 0 spiro atoms. The lowest BCUT2D eigenvalue weighted by Crippen LogP contribution is -2.43. The van der Waals surface area contributed by atoms with Crippen LogP contribution in [0.4, 0.5) is 4.39 Å². The topological polar surface area (TPSA) is 106 Å². The van der Waals surface area contributed by atoms with Gasteiger partial charge in [-0.3, -0.25) is 9.69 Å². The van der Waals surface area contributed by atoms with E-state index in [9.17, 15) is 24.5 Å². The minimum absolute atomic E-state index is 0.0228. The maximum atomic E-state index is 12.8. The molecule has 0 saturated carbocycles. The first-order chi connectivity index (χ1) is 11.5. The minimum atomic E-state index is -1.17. The van der Waals surface area contributed by atoms with Gasteiger partial charge in [-0.15, -0.1) is 0 Å². The summed E-state index contributed by atoms with van der Waals surface area (Å²) in [6.45, 7) is -0.249. The predicted molar refractivity (Wildman–Crippen MR) is 83.1 cm³/mol. The maximum absolute atomic E-state index is 12.8. The Morgan fingerprint density at radius 1 is 1.38 bits per heavy atom. The molecule has 0 aliphatic carbocycles. The van der Waals surface area contributed by atoms with Crippen LogP contribution in [-0.2, 0) is 4.79 Å². The third kappa shape index (κ3) is 4.07. The Kier molecular flexibility index (Phi) is 6.23. The van der Waals surface area contributed by atoms with Crippen molar-refractivity contribution in [1.29, 1.82) is 0 Å². The molecule has 0 bridgehead atoms. The Labute approximate surface area is 139 Å². The standard InChI is InChI=1S/C16H20FN3O4/c1-18-14(22)7-11-15(23)16(24)12(9-21)20(11)6-2-3-10-4-5-13(17)19-8-10/h4-5,8,11-12,15-16,21,23-24H,6-7,9H2,1H3,(H,18,22)/t11-,12-,15-,16-/m1/s1. The average molecular weight is 337 g/mol. The van der Waals surface area contributed by atoms with E-state index in [2.05, 4.69) is 22.1 Å². The van der Waals surface area contributed by atoms with Gasteiger partial charge in [0.15, 0.2) is 0 Å². The van der Waals surface area contributed by atoms with E-state index < -0.39 is 30.2 Å². The van der Waals surface area contributed by atoms with E-state index in [1.165, 1.54) is 25.4 Å². The molecule has 1 aliphatic heterocycles. The smallest absolute Gasteiger partial charge is 0.221 e. The van der Waals surface area contributed by atoms with Crippen LogP contribution in [0.25, 0.3) is 0 Å². The molecule has 1 amide bonds. The molecule has 7 nitrogen and oxygen atoms in total. The number of aliphatic hydroxyl groups is 3. The average Bonchev–Trinajstić information content (AvgIpc) is 2.80. The second-order valence-corrected chi connectivity index (χ2v) is 5.52. The fourth-order valence-electron chi connectivity index (χ4n) is 2.75. The third-order valence-electron chi connectivity index (χ3n) is 4.07. The molecule has 2 rings (SSSR count). The molecule has 130 valence electrons. The van der Waals surface area contributed by atoms with Crippen molar-refractivity contribution in [3.63, 3.8) is 0 Å². The Bertz CT molecular complexity index is 628. The number of nitrogens with zero attached hydrogens (tertiary/aromatic N) is 2. The van der Waals surface area contributed by atoms with Crippen molar-refractivity contribution in [2.75, 3.05) is 20.2 Å². The first kappa shape index (κ1) is 18.3. The number of amides is 1. The Morgan fingerprint density at radius 3 is 2.67 bits per heavy atom. The summed E-state index contributed by atoms with van der Waals surface area (Å²) in [6.07, 6.45) is -1.06. The van der Waals surface area contributed by atoms with E-state index in [0.29, 0.717) is 5.56 Å². The van der Waals surface area contributed by atoms with E-state index in [-0.39, 0.29) is 25.5 Å². The molecular formula is C16H20FN3O4. The molecule has 1 aromatic heterocycles. The summed E-state index contributed by atoms with van der Waals surface area (Å²) in [5.41, 5.74) is 0.514. The number of carbonyl (C=O) groups is 1. The second-order valence-electron chi connectivity index (χ2n) is 5.52. The molecule has 0 unspecified atom stereocenters. The number of likely N-dealkylation sites (tertiary alicyclic amines) is 1. The van der Waals surface area contributed by atoms with Crippen molar-refractivity contribution in [2.45, 2.75) is 30.7 Å². The predicted octanol–water partition coefficient (Wildman–Crippen LogP) is -1.52. The summed E-state index contributed by atoms with van der Waals surface area (Å²) >= 11 is 0. The molecule has 8 heteroatoms. The molecule has 2 heterocycles. The van der Waals surface area contributed by atoms with Gasteiger partial charge in [-0.25, -0.2) is 4.98 Å². The molecule has 1 saturated heterocycles. The van der Waals surface area contributed by atoms with Crippen LogP contribution in [-0.4, -0.2) is 75.6 Å². The fraction of sp³-hybridized carbons (Fsp3) is 0.500. The van der Waals surface area contributed by atoms with Crippen molar-refractivity contribution in [3.05, 3.63) is 29.8 Å². The Hall–Kier alpha value is -2.05. The summed E-state index contributed by atoms with van der Waals surface area (Å²) in [7, 11) is 1.48. The lowest BCUT2D eigenvalue weighted by atomic mass is 10.1. The van der Waals surface area contributed by atoms with Crippen LogP contribution < -0.4 is 5.32 Å². The summed E-state index contributed by atoms with van der Waals surface area (Å²) in [6, 6.07) is 1.31. The molecule has 1 fully saturated rings. The van der Waals surface area contributed by atoms with Crippen LogP contribution in [0.15, 0.2) is 18.3 Å². The van der Waals surface area contributed by atoms with Crippen LogP contribution in [0.1, 0.15) is 12.0 Å². The van der Waals surface area contributed by atoms with Gasteiger partial charge in [0.25, 0.3) is 0 Å².